The SMILES string of the molecule is COC(=O)c1ccc(C#CCCN=[N+]=[N-])nc1. The molecule has 0 radical (unpaired) electrons. The van der Waals surface area contributed by atoms with Gasteiger partial charge in [-0.25, -0.2) is 9.78 Å². The second-order valence-electron chi connectivity index (χ2n) is 2.93. The van der Waals surface area contributed by atoms with Gasteiger partial charge in [0.15, 0.2) is 0 Å². The van der Waals surface area contributed by atoms with Gasteiger partial charge in [0.2, 0.25) is 0 Å². The molecule has 0 amide bonds. The first-order valence-electron chi connectivity index (χ1n) is 4.82. The number of hydrogen-bond donors (Lipinski definition) is 0. The zero-order valence-electron chi connectivity index (χ0n) is 9.25. The highest BCUT2D eigenvalue weighted by Crippen LogP contribution is 2.00. The Bertz CT molecular complexity index is 492. The first kappa shape index (κ1) is 12.6. The van der Waals surface area contributed by atoms with Crippen molar-refractivity contribution in [2.75, 3.05) is 13.7 Å². The molecule has 0 aliphatic carbocycles. The molecule has 0 saturated carbocycles. The predicted molar refractivity (Wildman–Crippen MR) is 61.1 cm³/mol. The Morgan fingerprint density at radius 2 is 2.47 bits per heavy atom. The lowest BCUT2D eigenvalue weighted by atomic mass is 10.2. The van der Waals surface area contributed by atoms with E-state index < -0.39 is 5.97 Å². The Kier molecular flexibility index (Phi) is 5.08. The van der Waals surface area contributed by atoms with E-state index >= 15 is 0 Å². The Balaban J connectivity index is 2.61. The molecule has 0 atom stereocenters. The number of aromatic nitrogens is 1. The molecule has 0 saturated heterocycles. The van der Waals surface area contributed by atoms with Gasteiger partial charge in [0.05, 0.1) is 12.7 Å². The summed E-state index contributed by atoms with van der Waals surface area (Å²) in [5.74, 6) is 5.17. The molecule has 0 aliphatic heterocycles. The first-order chi connectivity index (χ1) is 8.27. The van der Waals surface area contributed by atoms with Gasteiger partial charge in [0.1, 0.15) is 5.69 Å². The molecule has 6 heteroatoms. The highest BCUT2D eigenvalue weighted by atomic mass is 16.5. The molecule has 0 fully saturated rings. The van der Waals surface area contributed by atoms with E-state index in [0.29, 0.717) is 24.2 Å². The van der Waals surface area contributed by atoms with Crippen LogP contribution in [0.4, 0.5) is 0 Å². The number of carbonyl (C=O) groups is 1. The molecule has 0 N–H and O–H groups in total. The molecule has 0 bridgehead atoms. The Labute approximate surface area is 98.2 Å². The quantitative estimate of drug-likeness (QED) is 0.198. The molecule has 0 aromatic carbocycles. The minimum Gasteiger partial charge on any atom is -0.465 e. The molecule has 1 heterocycles. The smallest absolute Gasteiger partial charge is 0.339 e. The lowest BCUT2D eigenvalue weighted by Gasteiger charge is -1.97. The second-order valence-corrected chi connectivity index (χ2v) is 2.93. The summed E-state index contributed by atoms with van der Waals surface area (Å²) in [5.41, 5.74) is 8.98. The van der Waals surface area contributed by atoms with E-state index in [0.717, 1.165) is 0 Å². The fraction of sp³-hybridized carbons (Fsp3) is 0.273. The van der Waals surface area contributed by atoms with Crippen LogP contribution in [0.1, 0.15) is 22.5 Å². The molecule has 1 rings (SSSR count). The Hall–Kier alpha value is -2.51. The van der Waals surface area contributed by atoms with Crippen molar-refractivity contribution in [1.82, 2.24) is 4.98 Å². The number of carbonyl (C=O) groups excluding carboxylic acids is 1. The van der Waals surface area contributed by atoms with Crippen LogP contribution in [0.2, 0.25) is 0 Å². The first-order valence-corrected chi connectivity index (χ1v) is 4.82. The van der Waals surface area contributed by atoms with Crippen molar-refractivity contribution in [3.05, 3.63) is 40.0 Å². The molecule has 0 unspecified atom stereocenters. The average molecular weight is 230 g/mol. The van der Waals surface area contributed by atoms with Crippen LogP contribution in [-0.4, -0.2) is 24.6 Å². The summed E-state index contributed by atoms with van der Waals surface area (Å²) in [6.45, 7) is 0.337. The van der Waals surface area contributed by atoms with Crippen LogP contribution in [0.15, 0.2) is 23.4 Å². The van der Waals surface area contributed by atoms with E-state index in [1.165, 1.54) is 13.3 Å². The Morgan fingerprint density at radius 3 is 3.06 bits per heavy atom. The number of pyridine rings is 1. The van der Waals surface area contributed by atoms with Crippen LogP contribution in [0, 0.1) is 11.8 Å². The van der Waals surface area contributed by atoms with Crippen molar-refractivity contribution in [1.29, 1.82) is 0 Å². The van der Waals surface area contributed by atoms with Crippen LogP contribution < -0.4 is 0 Å². The van der Waals surface area contributed by atoms with Gasteiger partial charge in [0, 0.05) is 24.1 Å². The fourth-order valence-electron chi connectivity index (χ4n) is 1.01. The molecule has 6 nitrogen and oxygen atoms in total. The standard InChI is InChI=1S/C11H10N4O2/c1-17-11(16)9-5-6-10(13-8-9)4-2-3-7-14-15-12/h5-6,8H,3,7H2,1H3. The van der Waals surface area contributed by atoms with Gasteiger partial charge in [-0.2, -0.15) is 0 Å². The van der Waals surface area contributed by atoms with Crippen molar-refractivity contribution >= 4 is 5.97 Å². The van der Waals surface area contributed by atoms with E-state index in [-0.39, 0.29) is 0 Å². The number of azide groups is 1. The predicted octanol–water partition coefficient (Wildman–Crippen LogP) is 1.92. The van der Waals surface area contributed by atoms with Gasteiger partial charge < -0.3 is 4.74 Å². The summed E-state index contributed by atoms with van der Waals surface area (Å²) >= 11 is 0. The van der Waals surface area contributed by atoms with Crippen molar-refractivity contribution in [3.63, 3.8) is 0 Å². The van der Waals surface area contributed by atoms with E-state index in [2.05, 4.69) is 31.6 Å². The number of hydrogen-bond acceptors (Lipinski definition) is 4. The number of rotatable bonds is 3. The van der Waals surface area contributed by atoms with Gasteiger partial charge in [-0.1, -0.05) is 11.0 Å². The number of esters is 1. The zero-order chi connectivity index (χ0) is 12.5. The molecule has 1 aromatic rings. The molecular weight excluding hydrogens is 220 g/mol. The largest absolute Gasteiger partial charge is 0.465 e. The summed E-state index contributed by atoms with van der Waals surface area (Å²) in [6, 6.07) is 3.23. The summed E-state index contributed by atoms with van der Waals surface area (Å²) < 4.78 is 4.54. The van der Waals surface area contributed by atoms with Gasteiger partial charge in [-0.15, -0.1) is 0 Å². The van der Waals surface area contributed by atoms with Crippen molar-refractivity contribution < 1.29 is 9.53 Å². The lowest BCUT2D eigenvalue weighted by Crippen LogP contribution is -2.01. The number of methoxy groups -OCH3 is 1. The topological polar surface area (TPSA) is 88.0 Å². The second kappa shape index (κ2) is 6.88. The van der Waals surface area contributed by atoms with Gasteiger partial charge in [-0.05, 0) is 23.6 Å². The molecule has 86 valence electrons. The van der Waals surface area contributed by atoms with Crippen molar-refractivity contribution in [3.8, 4) is 11.8 Å². The summed E-state index contributed by atoms with van der Waals surface area (Å²) in [7, 11) is 1.31. The summed E-state index contributed by atoms with van der Waals surface area (Å²) in [6.07, 6.45) is 1.88. The van der Waals surface area contributed by atoms with Gasteiger partial charge >= 0.3 is 5.97 Å². The maximum Gasteiger partial charge on any atom is 0.339 e. The molecule has 0 aliphatic rings. The monoisotopic (exact) mass is 230 g/mol. The van der Waals surface area contributed by atoms with E-state index in [9.17, 15) is 4.79 Å². The Morgan fingerprint density at radius 1 is 1.65 bits per heavy atom. The highest BCUT2D eigenvalue weighted by Gasteiger charge is 2.03. The molecule has 0 spiro atoms. The van der Waals surface area contributed by atoms with E-state index in [1.807, 2.05) is 0 Å². The lowest BCUT2D eigenvalue weighted by molar-refractivity contribution is 0.0600. The fourth-order valence-corrected chi connectivity index (χ4v) is 1.01. The van der Waals surface area contributed by atoms with E-state index in [1.54, 1.807) is 12.1 Å². The third-order valence-electron chi connectivity index (χ3n) is 1.80. The number of ether oxygens (including phenoxy) is 1. The van der Waals surface area contributed by atoms with Crippen LogP contribution in [-0.2, 0) is 4.74 Å². The normalized spacial score (nSPS) is 8.53. The van der Waals surface area contributed by atoms with E-state index in [4.69, 9.17) is 5.53 Å². The minimum absolute atomic E-state index is 0.337. The van der Waals surface area contributed by atoms with Crippen molar-refractivity contribution in [2.24, 2.45) is 5.11 Å². The van der Waals surface area contributed by atoms with Crippen LogP contribution in [0.25, 0.3) is 10.4 Å². The number of nitrogens with zero attached hydrogens (tertiary/aromatic N) is 4. The van der Waals surface area contributed by atoms with Gasteiger partial charge in [-0.3, -0.25) is 0 Å². The summed E-state index contributed by atoms with van der Waals surface area (Å²) in [5, 5.41) is 3.35. The van der Waals surface area contributed by atoms with Crippen LogP contribution in [0.3, 0.4) is 0 Å². The average Bonchev–Trinajstić information content (AvgIpc) is 2.38. The highest BCUT2D eigenvalue weighted by molar-refractivity contribution is 5.88. The van der Waals surface area contributed by atoms with Crippen molar-refractivity contribution in [2.45, 2.75) is 6.42 Å². The maximum absolute atomic E-state index is 11.1. The zero-order valence-corrected chi connectivity index (χ0v) is 9.25. The minimum atomic E-state index is -0.430. The maximum atomic E-state index is 11.1. The molecule has 17 heavy (non-hydrogen) atoms. The summed E-state index contributed by atoms with van der Waals surface area (Å²) in [4.78, 5) is 17.7. The van der Waals surface area contributed by atoms with Crippen LogP contribution in [0.5, 0.6) is 0 Å². The third-order valence-corrected chi connectivity index (χ3v) is 1.80. The van der Waals surface area contributed by atoms with Gasteiger partial charge in [0.25, 0.3) is 0 Å². The third kappa shape index (κ3) is 4.24. The molecular formula is C11H10N4O2. The van der Waals surface area contributed by atoms with Crippen LogP contribution >= 0.6 is 0 Å². The molecule has 1 aromatic heterocycles.